The summed E-state index contributed by atoms with van der Waals surface area (Å²) in [6, 6.07) is 9.50. The molecular formula is C14H14FN3O. The first-order valence-corrected chi connectivity index (χ1v) is 5.70. The summed E-state index contributed by atoms with van der Waals surface area (Å²) in [5.74, 6) is -0.983. The lowest BCUT2D eigenvalue weighted by Gasteiger charge is -2.12. The molecule has 0 radical (unpaired) electrons. The van der Waals surface area contributed by atoms with Crippen LogP contribution < -0.4 is 16.8 Å². The van der Waals surface area contributed by atoms with E-state index in [1.807, 2.05) is 0 Å². The van der Waals surface area contributed by atoms with Gasteiger partial charge >= 0.3 is 0 Å². The van der Waals surface area contributed by atoms with Crippen LogP contribution in [0.3, 0.4) is 0 Å². The minimum Gasteiger partial charge on any atom is -0.398 e. The van der Waals surface area contributed by atoms with E-state index < -0.39 is 5.91 Å². The van der Waals surface area contributed by atoms with Crippen LogP contribution >= 0.6 is 0 Å². The molecule has 0 saturated heterocycles. The van der Waals surface area contributed by atoms with Crippen LogP contribution in [0.4, 0.5) is 21.5 Å². The van der Waals surface area contributed by atoms with Crippen molar-refractivity contribution in [2.45, 2.75) is 6.92 Å². The molecule has 1 amide bonds. The molecule has 0 heterocycles. The van der Waals surface area contributed by atoms with Crippen LogP contribution in [0.1, 0.15) is 15.9 Å². The van der Waals surface area contributed by atoms with Crippen LogP contribution in [0.25, 0.3) is 0 Å². The number of carbonyl (C=O) groups is 1. The number of hydrogen-bond acceptors (Lipinski definition) is 3. The third-order valence-corrected chi connectivity index (χ3v) is 2.81. The largest absolute Gasteiger partial charge is 0.398 e. The average Bonchev–Trinajstić information content (AvgIpc) is 2.35. The van der Waals surface area contributed by atoms with Crippen LogP contribution in [-0.4, -0.2) is 5.91 Å². The number of aryl methyl sites for hydroxylation is 1. The van der Waals surface area contributed by atoms with Gasteiger partial charge < -0.3 is 16.8 Å². The Bertz CT molecular complexity index is 620. The fraction of sp³-hybridized carbons (Fsp3) is 0.0714. The first-order valence-electron chi connectivity index (χ1n) is 5.70. The first-order chi connectivity index (χ1) is 8.99. The van der Waals surface area contributed by atoms with Gasteiger partial charge in [-0.15, -0.1) is 0 Å². The summed E-state index contributed by atoms with van der Waals surface area (Å²) in [5, 5.41) is 2.92. The van der Waals surface area contributed by atoms with Gasteiger partial charge in [-0.2, -0.15) is 0 Å². The summed E-state index contributed by atoms with van der Waals surface area (Å²) < 4.78 is 13.7. The highest BCUT2D eigenvalue weighted by Gasteiger charge is 2.09. The number of para-hydroxylation sites is 1. The molecule has 0 aliphatic rings. The Morgan fingerprint density at radius 1 is 1.26 bits per heavy atom. The van der Waals surface area contributed by atoms with Crippen molar-refractivity contribution in [1.29, 1.82) is 0 Å². The molecule has 19 heavy (non-hydrogen) atoms. The number of nitrogens with two attached hydrogens (primary N) is 2. The summed E-state index contributed by atoms with van der Waals surface area (Å²) in [7, 11) is 0. The quantitative estimate of drug-likeness (QED) is 0.741. The van der Waals surface area contributed by atoms with E-state index in [0.29, 0.717) is 17.1 Å². The second-order valence-electron chi connectivity index (χ2n) is 4.22. The van der Waals surface area contributed by atoms with Gasteiger partial charge in [-0.1, -0.05) is 12.1 Å². The van der Waals surface area contributed by atoms with E-state index >= 15 is 0 Å². The van der Waals surface area contributed by atoms with Gasteiger partial charge in [-0.05, 0) is 36.8 Å². The molecule has 5 N–H and O–H groups in total. The maximum Gasteiger partial charge on any atom is 0.250 e. The smallest absolute Gasteiger partial charge is 0.250 e. The summed E-state index contributed by atoms with van der Waals surface area (Å²) >= 11 is 0. The zero-order chi connectivity index (χ0) is 14.0. The van der Waals surface area contributed by atoms with Gasteiger partial charge in [0.05, 0.1) is 11.3 Å². The Kier molecular flexibility index (Phi) is 3.37. The van der Waals surface area contributed by atoms with Crippen LogP contribution in [0.5, 0.6) is 0 Å². The predicted molar refractivity (Wildman–Crippen MR) is 73.8 cm³/mol. The molecular weight excluding hydrogens is 245 g/mol. The summed E-state index contributed by atoms with van der Waals surface area (Å²) in [6.45, 7) is 1.79. The molecule has 0 atom stereocenters. The molecule has 0 unspecified atom stereocenters. The molecule has 2 rings (SSSR count). The van der Waals surface area contributed by atoms with Crippen LogP contribution in [0.15, 0.2) is 36.4 Å². The lowest BCUT2D eigenvalue weighted by molar-refractivity contribution is 0.100. The van der Waals surface area contributed by atoms with Gasteiger partial charge in [0.25, 0.3) is 5.91 Å². The SMILES string of the molecule is Cc1cccc(F)c1Nc1ccc(N)c(C(N)=O)c1. The van der Waals surface area contributed by atoms with Crippen LogP contribution in [-0.2, 0) is 0 Å². The molecule has 2 aromatic rings. The van der Waals surface area contributed by atoms with Crippen molar-refractivity contribution in [3.63, 3.8) is 0 Å². The Labute approximate surface area is 110 Å². The monoisotopic (exact) mass is 259 g/mol. The van der Waals surface area contributed by atoms with E-state index in [4.69, 9.17) is 11.5 Å². The fourth-order valence-electron chi connectivity index (χ4n) is 1.78. The Morgan fingerprint density at radius 2 is 2.00 bits per heavy atom. The second-order valence-corrected chi connectivity index (χ2v) is 4.22. The van der Waals surface area contributed by atoms with Gasteiger partial charge in [0.1, 0.15) is 5.82 Å². The van der Waals surface area contributed by atoms with Gasteiger partial charge in [-0.25, -0.2) is 4.39 Å². The lowest BCUT2D eigenvalue weighted by atomic mass is 10.1. The van der Waals surface area contributed by atoms with Gasteiger partial charge in [0, 0.05) is 11.4 Å². The number of benzene rings is 2. The molecule has 98 valence electrons. The van der Waals surface area contributed by atoms with Crippen molar-refractivity contribution in [3.05, 3.63) is 53.3 Å². The highest BCUT2D eigenvalue weighted by atomic mass is 19.1. The van der Waals surface area contributed by atoms with Crippen molar-refractivity contribution >= 4 is 23.0 Å². The molecule has 2 aromatic carbocycles. The number of hydrogen-bond donors (Lipinski definition) is 3. The molecule has 0 aromatic heterocycles. The molecule has 0 aliphatic carbocycles. The second kappa shape index (κ2) is 4.97. The van der Waals surface area contributed by atoms with Crippen LogP contribution in [0.2, 0.25) is 0 Å². The molecule has 0 fully saturated rings. The van der Waals surface area contributed by atoms with Crippen LogP contribution in [0, 0.1) is 12.7 Å². The number of primary amides is 1. The van der Waals surface area contributed by atoms with Crippen molar-refractivity contribution in [2.75, 3.05) is 11.1 Å². The zero-order valence-electron chi connectivity index (χ0n) is 10.4. The fourth-order valence-corrected chi connectivity index (χ4v) is 1.78. The topological polar surface area (TPSA) is 81.1 Å². The number of nitrogens with one attached hydrogen (secondary N) is 1. The minimum atomic E-state index is -0.619. The van der Waals surface area contributed by atoms with Gasteiger partial charge in [0.15, 0.2) is 0 Å². The average molecular weight is 259 g/mol. The van der Waals surface area contributed by atoms with E-state index in [2.05, 4.69) is 5.32 Å². The third kappa shape index (κ3) is 2.65. The molecule has 5 heteroatoms. The van der Waals surface area contributed by atoms with E-state index in [1.54, 1.807) is 31.2 Å². The number of nitrogen functional groups attached to an aromatic ring is 1. The van der Waals surface area contributed by atoms with Crippen molar-refractivity contribution < 1.29 is 9.18 Å². The van der Waals surface area contributed by atoms with E-state index in [1.165, 1.54) is 12.1 Å². The normalized spacial score (nSPS) is 10.2. The molecule has 0 bridgehead atoms. The molecule has 0 aliphatic heterocycles. The lowest BCUT2D eigenvalue weighted by Crippen LogP contribution is -2.13. The number of anilines is 3. The predicted octanol–water partition coefficient (Wildman–Crippen LogP) is 2.56. The number of rotatable bonds is 3. The van der Waals surface area contributed by atoms with Gasteiger partial charge in [0.2, 0.25) is 0 Å². The van der Waals surface area contributed by atoms with E-state index in [0.717, 1.165) is 5.56 Å². The van der Waals surface area contributed by atoms with Crippen molar-refractivity contribution in [3.8, 4) is 0 Å². The minimum absolute atomic E-state index is 0.207. The summed E-state index contributed by atoms with van der Waals surface area (Å²) in [5.41, 5.74) is 13.0. The Morgan fingerprint density at radius 3 is 2.63 bits per heavy atom. The molecule has 0 saturated carbocycles. The Balaban J connectivity index is 2.39. The first kappa shape index (κ1) is 12.9. The van der Waals surface area contributed by atoms with Gasteiger partial charge in [-0.3, -0.25) is 4.79 Å². The molecule has 4 nitrogen and oxygen atoms in total. The highest BCUT2D eigenvalue weighted by Crippen LogP contribution is 2.25. The van der Waals surface area contributed by atoms with E-state index in [-0.39, 0.29) is 11.4 Å². The number of halogens is 1. The number of amides is 1. The van der Waals surface area contributed by atoms with Crippen molar-refractivity contribution in [2.24, 2.45) is 5.73 Å². The highest BCUT2D eigenvalue weighted by molar-refractivity contribution is 5.99. The van der Waals surface area contributed by atoms with Crippen molar-refractivity contribution in [1.82, 2.24) is 0 Å². The molecule has 0 spiro atoms. The summed E-state index contributed by atoms with van der Waals surface area (Å²) in [4.78, 5) is 11.2. The maximum absolute atomic E-state index is 13.7. The summed E-state index contributed by atoms with van der Waals surface area (Å²) in [6.07, 6.45) is 0. The maximum atomic E-state index is 13.7. The standard InChI is InChI=1S/C14H14FN3O/c1-8-3-2-4-11(15)13(8)18-9-5-6-12(16)10(7-9)14(17)19/h2-7,18H,16H2,1H3,(H2,17,19). The Hall–Kier alpha value is -2.56. The zero-order valence-corrected chi connectivity index (χ0v) is 10.4. The third-order valence-electron chi connectivity index (χ3n) is 2.81. The van der Waals surface area contributed by atoms with E-state index in [9.17, 15) is 9.18 Å². The number of carbonyl (C=O) groups excluding carboxylic acids is 1.